The van der Waals surface area contributed by atoms with E-state index >= 15 is 0 Å². The van der Waals surface area contributed by atoms with E-state index in [1.807, 2.05) is 29.0 Å². The highest BCUT2D eigenvalue weighted by Gasteiger charge is 2.28. The van der Waals surface area contributed by atoms with Crippen molar-refractivity contribution >= 4 is 44.0 Å². The van der Waals surface area contributed by atoms with Gasteiger partial charge in [-0.15, -0.1) is 0 Å². The van der Waals surface area contributed by atoms with Gasteiger partial charge in [-0.2, -0.15) is 11.3 Å². The number of imidazole rings is 1. The number of aryl methyl sites for hydroxylation is 2. The second kappa shape index (κ2) is 7.23. The number of fused-ring (bicyclic) bond motifs is 1. The second-order valence-electron chi connectivity index (χ2n) is 7.73. The smallest absolute Gasteiger partial charge is 0.240 e. The first-order valence-corrected chi connectivity index (χ1v) is 12.3. The monoisotopic (exact) mass is 438 g/mol. The van der Waals surface area contributed by atoms with Gasteiger partial charge < -0.3 is 10.3 Å². The molecular weight excluding hydrogens is 416 g/mol. The third-order valence-corrected chi connectivity index (χ3v) is 7.67. The zero-order valence-corrected chi connectivity index (χ0v) is 18.3. The minimum Gasteiger partial charge on any atom is -0.325 e. The Morgan fingerprint density at radius 3 is 2.70 bits per heavy atom. The minimum absolute atomic E-state index is 0.0598. The molecule has 1 saturated carbocycles. The zero-order valence-electron chi connectivity index (χ0n) is 16.7. The number of hydrogen-bond donors (Lipinski definition) is 3. The molecule has 2 aromatic heterocycles. The number of thiophene rings is 1. The van der Waals surface area contributed by atoms with Gasteiger partial charge in [0.1, 0.15) is 0 Å². The molecule has 0 spiro atoms. The Kier molecular flexibility index (Phi) is 4.65. The lowest BCUT2D eigenvalue weighted by molar-refractivity contribution is 0.581. The molecule has 0 atom stereocenters. The van der Waals surface area contributed by atoms with Crippen molar-refractivity contribution in [3.63, 3.8) is 0 Å². The molecule has 4 aromatic rings. The number of aromatic amines is 1. The van der Waals surface area contributed by atoms with Crippen molar-refractivity contribution in [2.75, 3.05) is 5.32 Å². The number of nitrogens with zero attached hydrogens (tertiary/aromatic N) is 1. The van der Waals surface area contributed by atoms with Crippen molar-refractivity contribution < 1.29 is 8.42 Å². The molecule has 1 aliphatic rings. The van der Waals surface area contributed by atoms with Gasteiger partial charge >= 0.3 is 0 Å². The van der Waals surface area contributed by atoms with Crippen LogP contribution in [0.5, 0.6) is 0 Å². The summed E-state index contributed by atoms with van der Waals surface area (Å²) in [5.41, 5.74) is 6.81. The van der Waals surface area contributed by atoms with Gasteiger partial charge in [0.2, 0.25) is 16.0 Å². The number of nitrogens with one attached hydrogen (secondary N) is 3. The summed E-state index contributed by atoms with van der Waals surface area (Å²) in [6.07, 6.45) is 1.80. The fourth-order valence-electron chi connectivity index (χ4n) is 3.45. The molecule has 5 rings (SSSR count). The Labute approximate surface area is 179 Å². The van der Waals surface area contributed by atoms with E-state index in [1.165, 1.54) is 5.56 Å². The number of benzene rings is 2. The van der Waals surface area contributed by atoms with Crippen molar-refractivity contribution in [2.24, 2.45) is 0 Å². The molecule has 2 aromatic carbocycles. The van der Waals surface area contributed by atoms with Crippen LogP contribution in [0.4, 0.5) is 11.6 Å². The molecule has 0 aliphatic heterocycles. The molecular formula is C22H22N4O2S2. The SMILES string of the molecule is Cc1ccc2[nH]c(Nc3cc(S(=O)(=O)NC4CC4)ccc3-c3ccsc3)nc2c1C. The van der Waals surface area contributed by atoms with Crippen LogP contribution in [-0.2, 0) is 10.0 Å². The van der Waals surface area contributed by atoms with Crippen molar-refractivity contribution in [1.29, 1.82) is 0 Å². The van der Waals surface area contributed by atoms with Gasteiger partial charge in [0.15, 0.2) is 0 Å². The van der Waals surface area contributed by atoms with Gasteiger partial charge in [-0.05, 0) is 78.4 Å². The number of rotatable bonds is 6. The molecule has 3 N–H and O–H groups in total. The van der Waals surface area contributed by atoms with E-state index in [1.54, 1.807) is 23.5 Å². The lowest BCUT2D eigenvalue weighted by Gasteiger charge is -2.13. The fourth-order valence-corrected chi connectivity index (χ4v) is 5.44. The first kappa shape index (κ1) is 19.3. The van der Waals surface area contributed by atoms with Gasteiger partial charge in [-0.3, -0.25) is 0 Å². The lowest BCUT2D eigenvalue weighted by atomic mass is 10.1. The van der Waals surface area contributed by atoms with Gasteiger partial charge in [-0.25, -0.2) is 18.1 Å². The minimum atomic E-state index is -3.55. The van der Waals surface area contributed by atoms with Crippen LogP contribution >= 0.6 is 11.3 Å². The molecule has 154 valence electrons. The van der Waals surface area contributed by atoms with E-state index in [-0.39, 0.29) is 10.9 Å². The maximum Gasteiger partial charge on any atom is 0.240 e. The molecule has 6 nitrogen and oxygen atoms in total. The largest absolute Gasteiger partial charge is 0.325 e. The van der Waals surface area contributed by atoms with Crippen LogP contribution in [0.25, 0.3) is 22.2 Å². The number of sulfonamides is 1. The number of hydrogen-bond acceptors (Lipinski definition) is 5. The zero-order chi connectivity index (χ0) is 20.9. The second-order valence-corrected chi connectivity index (χ2v) is 10.2. The summed E-state index contributed by atoms with van der Waals surface area (Å²) in [5.74, 6) is 0.583. The summed E-state index contributed by atoms with van der Waals surface area (Å²) < 4.78 is 28.2. The molecule has 30 heavy (non-hydrogen) atoms. The van der Waals surface area contributed by atoms with E-state index in [0.717, 1.165) is 40.6 Å². The maximum absolute atomic E-state index is 12.7. The summed E-state index contributed by atoms with van der Waals surface area (Å²) in [5, 5.41) is 7.37. The molecule has 8 heteroatoms. The quantitative estimate of drug-likeness (QED) is 0.391. The van der Waals surface area contributed by atoms with Gasteiger partial charge in [0.05, 0.1) is 21.6 Å². The molecule has 0 bridgehead atoms. The van der Waals surface area contributed by atoms with Crippen LogP contribution in [0.2, 0.25) is 0 Å². The number of aromatic nitrogens is 2. The summed E-state index contributed by atoms with van der Waals surface area (Å²) >= 11 is 1.60. The molecule has 1 aliphatic carbocycles. The Balaban J connectivity index is 1.58. The van der Waals surface area contributed by atoms with Gasteiger partial charge in [0.25, 0.3) is 0 Å². The number of anilines is 2. The van der Waals surface area contributed by atoms with E-state index in [4.69, 9.17) is 4.98 Å². The number of H-pyrrole nitrogens is 1. The average Bonchev–Trinajstić information content (AvgIpc) is 3.18. The average molecular weight is 439 g/mol. The standard InChI is InChI=1S/C22H22N4O2S2/c1-13-3-8-19-21(14(13)2)25-22(23-19)24-20-11-17(30(27,28)26-16-4-5-16)6-7-18(20)15-9-10-29-12-15/h3,6-12,16,26H,4-5H2,1-2H3,(H2,23,24,25). The molecule has 1 fully saturated rings. The van der Waals surface area contributed by atoms with E-state index in [2.05, 4.69) is 34.9 Å². The Hall–Kier alpha value is -2.68. The third kappa shape index (κ3) is 3.62. The molecule has 2 heterocycles. The topological polar surface area (TPSA) is 86.9 Å². The van der Waals surface area contributed by atoms with Gasteiger partial charge in [0, 0.05) is 11.6 Å². The predicted molar refractivity (Wildman–Crippen MR) is 122 cm³/mol. The molecule has 0 unspecified atom stereocenters. The van der Waals surface area contributed by atoms with Crippen LogP contribution in [-0.4, -0.2) is 24.4 Å². The normalized spacial score (nSPS) is 14.3. The van der Waals surface area contributed by atoms with Crippen molar-refractivity contribution in [1.82, 2.24) is 14.7 Å². The highest BCUT2D eigenvalue weighted by atomic mass is 32.2. The first-order valence-electron chi connectivity index (χ1n) is 9.82. The summed E-state index contributed by atoms with van der Waals surface area (Å²) in [4.78, 5) is 8.26. The summed E-state index contributed by atoms with van der Waals surface area (Å²) in [7, 11) is -3.55. The van der Waals surface area contributed by atoms with Gasteiger partial charge in [-0.1, -0.05) is 12.1 Å². The van der Waals surface area contributed by atoms with Crippen LogP contribution < -0.4 is 10.0 Å². The van der Waals surface area contributed by atoms with Crippen molar-refractivity contribution in [3.8, 4) is 11.1 Å². The lowest BCUT2D eigenvalue weighted by Crippen LogP contribution is -2.25. The fraction of sp³-hybridized carbons (Fsp3) is 0.227. The van der Waals surface area contributed by atoms with Crippen molar-refractivity contribution in [2.45, 2.75) is 37.6 Å². The Bertz CT molecular complexity index is 1340. The first-order chi connectivity index (χ1) is 14.4. The maximum atomic E-state index is 12.7. The summed E-state index contributed by atoms with van der Waals surface area (Å²) in [6, 6.07) is 11.4. The predicted octanol–water partition coefficient (Wildman–Crippen LogP) is 5.09. The van der Waals surface area contributed by atoms with E-state index in [9.17, 15) is 8.42 Å². The highest BCUT2D eigenvalue weighted by molar-refractivity contribution is 7.89. The third-order valence-electron chi connectivity index (χ3n) is 5.46. The van der Waals surface area contributed by atoms with Crippen LogP contribution in [0.1, 0.15) is 24.0 Å². The summed E-state index contributed by atoms with van der Waals surface area (Å²) in [6.45, 7) is 4.11. The van der Waals surface area contributed by atoms with Crippen molar-refractivity contribution in [3.05, 3.63) is 58.3 Å². The van der Waals surface area contributed by atoms with Crippen LogP contribution in [0, 0.1) is 13.8 Å². The Morgan fingerprint density at radius 2 is 1.97 bits per heavy atom. The van der Waals surface area contributed by atoms with E-state index < -0.39 is 10.0 Å². The van der Waals surface area contributed by atoms with Crippen LogP contribution in [0.3, 0.4) is 0 Å². The van der Waals surface area contributed by atoms with E-state index in [0.29, 0.717) is 11.6 Å². The molecule has 0 radical (unpaired) electrons. The highest BCUT2D eigenvalue weighted by Crippen LogP contribution is 2.34. The Morgan fingerprint density at radius 1 is 1.13 bits per heavy atom. The molecule has 0 saturated heterocycles. The van der Waals surface area contributed by atoms with Crippen LogP contribution in [0.15, 0.2) is 52.1 Å². The molecule has 0 amide bonds.